The zero-order chi connectivity index (χ0) is 17.7. The third-order valence-electron chi connectivity index (χ3n) is 3.62. The van der Waals surface area contributed by atoms with Crippen molar-refractivity contribution in [3.8, 4) is 0 Å². The topological polar surface area (TPSA) is 144 Å². The number of hydrogen-bond acceptors (Lipinski definition) is 7. The largest absolute Gasteiger partial charge is 0.394 e. The van der Waals surface area contributed by atoms with Gasteiger partial charge >= 0.3 is 6.03 Å². The standard InChI is InChI=1S/C15H21N3O6/c1-8-2-4-9(5-3-8)6-16-18-15(23)17-14-13(22)12(21)11(20)10(7-19)24-14/h2-6,10-14,19-22H,7H2,1H3,(H2,17,18,23)/b16-6+/t10-,11-,12+,13-,14-/m1/s1. The Morgan fingerprint density at radius 1 is 1.21 bits per heavy atom. The molecule has 0 spiro atoms. The zero-order valence-electron chi connectivity index (χ0n) is 13.0. The van der Waals surface area contributed by atoms with Crippen LogP contribution < -0.4 is 10.7 Å². The maximum Gasteiger partial charge on any atom is 0.337 e. The first-order valence-corrected chi connectivity index (χ1v) is 7.39. The lowest BCUT2D eigenvalue weighted by Gasteiger charge is -2.39. The predicted molar refractivity (Wildman–Crippen MR) is 84.2 cm³/mol. The number of benzene rings is 1. The molecule has 1 aliphatic heterocycles. The van der Waals surface area contributed by atoms with E-state index in [1.54, 1.807) is 0 Å². The maximum absolute atomic E-state index is 11.8. The van der Waals surface area contributed by atoms with Crippen molar-refractivity contribution in [2.75, 3.05) is 6.61 Å². The molecule has 2 amide bonds. The van der Waals surface area contributed by atoms with E-state index in [0.29, 0.717) is 0 Å². The predicted octanol–water partition coefficient (Wildman–Crippen LogP) is -1.57. The van der Waals surface area contributed by atoms with Crippen molar-refractivity contribution in [3.63, 3.8) is 0 Å². The number of urea groups is 1. The van der Waals surface area contributed by atoms with Crippen LogP contribution in [0.4, 0.5) is 4.79 Å². The van der Waals surface area contributed by atoms with E-state index >= 15 is 0 Å². The van der Waals surface area contributed by atoms with Gasteiger partial charge in [0.05, 0.1) is 12.8 Å². The van der Waals surface area contributed by atoms with Gasteiger partial charge in [-0.1, -0.05) is 29.8 Å². The van der Waals surface area contributed by atoms with Gasteiger partial charge in [-0.15, -0.1) is 0 Å². The number of aryl methyl sites for hydroxylation is 1. The fourth-order valence-electron chi connectivity index (χ4n) is 2.20. The fourth-order valence-corrected chi connectivity index (χ4v) is 2.20. The second kappa shape index (κ2) is 8.18. The first-order chi connectivity index (χ1) is 11.4. The average Bonchev–Trinajstić information content (AvgIpc) is 2.57. The second-order valence-electron chi connectivity index (χ2n) is 5.50. The minimum absolute atomic E-state index is 0.573. The van der Waals surface area contributed by atoms with E-state index in [-0.39, 0.29) is 0 Å². The monoisotopic (exact) mass is 339 g/mol. The van der Waals surface area contributed by atoms with Gasteiger partial charge < -0.3 is 30.5 Å². The molecule has 1 aromatic carbocycles. The molecule has 5 atom stereocenters. The number of ether oxygens (including phenoxy) is 1. The van der Waals surface area contributed by atoms with Gasteiger partial charge in [0.15, 0.2) is 6.23 Å². The summed E-state index contributed by atoms with van der Waals surface area (Å²) in [6.45, 7) is 1.38. The van der Waals surface area contributed by atoms with Crippen LogP contribution in [0.5, 0.6) is 0 Å². The third-order valence-corrected chi connectivity index (χ3v) is 3.62. The molecular weight excluding hydrogens is 318 g/mol. The lowest BCUT2D eigenvalue weighted by molar-refractivity contribution is -0.233. The summed E-state index contributed by atoms with van der Waals surface area (Å²) in [5.74, 6) is 0. The number of rotatable bonds is 4. The summed E-state index contributed by atoms with van der Waals surface area (Å²) in [5.41, 5.74) is 4.08. The summed E-state index contributed by atoms with van der Waals surface area (Å²) in [7, 11) is 0. The highest BCUT2D eigenvalue weighted by molar-refractivity contribution is 5.81. The van der Waals surface area contributed by atoms with Crippen LogP contribution in [-0.2, 0) is 4.74 Å². The van der Waals surface area contributed by atoms with Crippen molar-refractivity contribution in [2.45, 2.75) is 37.6 Å². The van der Waals surface area contributed by atoms with Crippen molar-refractivity contribution in [3.05, 3.63) is 35.4 Å². The van der Waals surface area contributed by atoms with E-state index in [1.807, 2.05) is 31.2 Å². The van der Waals surface area contributed by atoms with Gasteiger partial charge in [-0.25, -0.2) is 10.2 Å². The first kappa shape index (κ1) is 18.3. The molecule has 0 bridgehead atoms. The first-order valence-electron chi connectivity index (χ1n) is 7.39. The van der Waals surface area contributed by atoms with E-state index in [4.69, 9.17) is 9.84 Å². The number of hydrazone groups is 1. The van der Waals surface area contributed by atoms with Crippen LogP contribution in [0.1, 0.15) is 11.1 Å². The SMILES string of the molecule is Cc1ccc(/C=N/NC(=O)N[C@@H]2O[C@H](CO)[C@@H](O)[C@H](O)[C@H]2O)cc1. The van der Waals surface area contributed by atoms with Crippen LogP contribution in [0.3, 0.4) is 0 Å². The molecule has 24 heavy (non-hydrogen) atoms. The Balaban J connectivity index is 1.88. The molecule has 0 aliphatic carbocycles. The number of nitrogens with one attached hydrogen (secondary N) is 2. The molecule has 2 rings (SSSR count). The summed E-state index contributed by atoms with van der Waals surface area (Å²) in [5, 5.41) is 44.2. The van der Waals surface area contributed by atoms with E-state index in [9.17, 15) is 20.1 Å². The molecule has 6 N–H and O–H groups in total. The van der Waals surface area contributed by atoms with Crippen LogP contribution >= 0.6 is 0 Å². The van der Waals surface area contributed by atoms with E-state index in [0.717, 1.165) is 11.1 Å². The molecule has 0 saturated carbocycles. The van der Waals surface area contributed by atoms with Gasteiger partial charge in [0.25, 0.3) is 0 Å². The van der Waals surface area contributed by atoms with E-state index in [2.05, 4.69) is 15.8 Å². The second-order valence-corrected chi connectivity index (χ2v) is 5.50. The number of nitrogens with zero attached hydrogens (tertiary/aromatic N) is 1. The lowest BCUT2D eigenvalue weighted by Crippen LogP contribution is -2.63. The number of hydrogen-bond donors (Lipinski definition) is 6. The summed E-state index contributed by atoms with van der Waals surface area (Å²) in [6.07, 6.45) is -5.54. The highest BCUT2D eigenvalue weighted by Gasteiger charge is 2.43. The molecule has 132 valence electrons. The zero-order valence-corrected chi connectivity index (χ0v) is 13.0. The Labute approximate surface area is 138 Å². The number of aliphatic hydroxyl groups excluding tert-OH is 4. The number of amides is 2. The number of carbonyl (C=O) groups is 1. The van der Waals surface area contributed by atoms with Crippen molar-refractivity contribution < 1.29 is 30.0 Å². The Hall–Kier alpha value is -2.04. The molecule has 1 aromatic rings. The molecule has 0 aromatic heterocycles. The van der Waals surface area contributed by atoms with E-state index < -0.39 is 43.3 Å². The molecular formula is C15H21N3O6. The van der Waals surface area contributed by atoms with Crippen LogP contribution in [0, 0.1) is 6.92 Å². The maximum atomic E-state index is 11.8. The van der Waals surface area contributed by atoms with Gasteiger partial charge in [-0.2, -0.15) is 5.10 Å². The molecule has 0 radical (unpaired) electrons. The number of aliphatic hydroxyl groups is 4. The van der Waals surface area contributed by atoms with Gasteiger partial charge in [-0.3, -0.25) is 0 Å². The third kappa shape index (κ3) is 4.49. The van der Waals surface area contributed by atoms with E-state index in [1.165, 1.54) is 6.21 Å². The molecule has 1 heterocycles. The minimum atomic E-state index is -1.56. The quantitative estimate of drug-likeness (QED) is 0.289. The summed E-state index contributed by atoms with van der Waals surface area (Å²) >= 11 is 0. The van der Waals surface area contributed by atoms with Gasteiger partial charge in [0.1, 0.15) is 24.4 Å². The van der Waals surface area contributed by atoms with Crippen LogP contribution in [-0.4, -0.2) is 69.9 Å². The van der Waals surface area contributed by atoms with Gasteiger partial charge in [0.2, 0.25) is 0 Å². The normalized spacial score (nSPS) is 30.3. The molecule has 1 saturated heterocycles. The molecule has 9 heteroatoms. The summed E-state index contributed by atoms with van der Waals surface area (Å²) in [6, 6.07) is 6.68. The highest BCUT2D eigenvalue weighted by atomic mass is 16.6. The molecule has 9 nitrogen and oxygen atoms in total. The molecule has 0 unspecified atom stereocenters. The average molecular weight is 339 g/mol. The summed E-state index contributed by atoms with van der Waals surface area (Å²) < 4.78 is 5.15. The van der Waals surface area contributed by atoms with Crippen molar-refractivity contribution >= 4 is 12.2 Å². The Bertz CT molecular complexity index is 577. The van der Waals surface area contributed by atoms with Crippen molar-refractivity contribution in [1.29, 1.82) is 0 Å². The smallest absolute Gasteiger partial charge is 0.337 e. The van der Waals surface area contributed by atoms with Gasteiger partial charge in [0, 0.05) is 0 Å². The van der Waals surface area contributed by atoms with Gasteiger partial charge in [-0.05, 0) is 12.5 Å². The Morgan fingerprint density at radius 2 is 1.88 bits per heavy atom. The van der Waals surface area contributed by atoms with Crippen LogP contribution in [0.15, 0.2) is 29.4 Å². The minimum Gasteiger partial charge on any atom is -0.394 e. The molecule has 1 fully saturated rings. The fraction of sp³-hybridized carbons (Fsp3) is 0.467. The van der Waals surface area contributed by atoms with Crippen molar-refractivity contribution in [1.82, 2.24) is 10.7 Å². The Kier molecular flexibility index (Phi) is 6.23. The number of carbonyl (C=O) groups excluding carboxylic acids is 1. The van der Waals surface area contributed by atoms with Crippen molar-refractivity contribution in [2.24, 2.45) is 5.10 Å². The lowest BCUT2D eigenvalue weighted by atomic mass is 9.98. The molecule has 1 aliphatic rings. The van der Waals surface area contributed by atoms with Crippen LogP contribution in [0.25, 0.3) is 0 Å². The van der Waals surface area contributed by atoms with Crippen LogP contribution in [0.2, 0.25) is 0 Å². The Morgan fingerprint density at radius 3 is 2.50 bits per heavy atom. The summed E-state index contributed by atoms with van der Waals surface area (Å²) in [4.78, 5) is 11.8. The highest BCUT2D eigenvalue weighted by Crippen LogP contribution is 2.19.